The van der Waals surface area contributed by atoms with Crippen molar-refractivity contribution in [3.63, 3.8) is 0 Å². The van der Waals surface area contributed by atoms with Crippen molar-refractivity contribution in [1.29, 1.82) is 0 Å². The van der Waals surface area contributed by atoms with Crippen LogP contribution in [0.25, 0.3) is 0 Å². The third-order valence-corrected chi connectivity index (χ3v) is 4.51. The van der Waals surface area contributed by atoms with E-state index in [4.69, 9.17) is 11.6 Å². The molecule has 1 aromatic carbocycles. The van der Waals surface area contributed by atoms with E-state index < -0.39 is 0 Å². The highest BCUT2D eigenvalue weighted by molar-refractivity contribution is 8.01. The number of rotatable bonds is 4. The number of benzene rings is 1. The second-order valence-corrected chi connectivity index (χ2v) is 5.72. The summed E-state index contributed by atoms with van der Waals surface area (Å²) in [5.41, 5.74) is 1.20. The van der Waals surface area contributed by atoms with Gasteiger partial charge in [0.15, 0.2) is 4.34 Å². The Kier molecular flexibility index (Phi) is 4.23. The van der Waals surface area contributed by atoms with Crippen LogP contribution in [0.3, 0.4) is 0 Å². The standard InChI is InChI=1S/C11H11ClN2S2/c1-13-7-8-3-2-4-9(12)10(8)16-11-14-5-6-15-11/h2-6,13H,7H2,1H3. The summed E-state index contributed by atoms with van der Waals surface area (Å²) in [4.78, 5) is 5.35. The third-order valence-electron chi connectivity index (χ3n) is 2.01. The van der Waals surface area contributed by atoms with Gasteiger partial charge in [-0.15, -0.1) is 11.3 Å². The minimum atomic E-state index is 0.785. The van der Waals surface area contributed by atoms with Crippen molar-refractivity contribution in [1.82, 2.24) is 10.3 Å². The Morgan fingerprint density at radius 2 is 2.38 bits per heavy atom. The quantitative estimate of drug-likeness (QED) is 0.918. The molecule has 0 saturated heterocycles. The first kappa shape index (κ1) is 11.9. The molecular formula is C11H11ClN2S2. The summed E-state index contributed by atoms with van der Waals surface area (Å²) in [5, 5.41) is 5.90. The predicted octanol–water partition coefficient (Wildman–Crippen LogP) is 3.67. The Bertz CT molecular complexity index is 457. The molecule has 2 aromatic rings. The van der Waals surface area contributed by atoms with Gasteiger partial charge in [0, 0.05) is 23.0 Å². The molecule has 0 unspecified atom stereocenters. The van der Waals surface area contributed by atoms with Crippen LogP contribution in [0.15, 0.2) is 39.0 Å². The van der Waals surface area contributed by atoms with Crippen molar-refractivity contribution in [2.75, 3.05) is 7.05 Å². The minimum absolute atomic E-state index is 0.785. The van der Waals surface area contributed by atoms with Gasteiger partial charge in [-0.25, -0.2) is 4.98 Å². The summed E-state index contributed by atoms with van der Waals surface area (Å²) < 4.78 is 1.02. The largest absolute Gasteiger partial charge is 0.316 e. The molecule has 5 heteroatoms. The molecule has 84 valence electrons. The molecule has 0 saturated carbocycles. The average molecular weight is 271 g/mol. The van der Waals surface area contributed by atoms with Gasteiger partial charge in [-0.05, 0) is 18.7 Å². The molecule has 16 heavy (non-hydrogen) atoms. The lowest BCUT2D eigenvalue weighted by molar-refractivity contribution is 0.803. The van der Waals surface area contributed by atoms with Crippen LogP contribution < -0.4 is 5.32 Å². The molecule has 0 aliphatic rings. The van der Waals surface area contributed by atoms with Crippen molar-refractivity contribution in [2.24, 2.45) is 0 Å². The number of thiazole rings is 1. The zero-order valence-corrected chi connectivity index (χ0v) is 11.1. The average Bonchev–Trinajstić information content (AvgIpc) is 2.76. The van der Waals surface area contributed by atoms with Gasteiger partial charge < -0.3 is 5.32 Å². The molecule has 0 spiro atoms. The molecule has 1 heterocycles. The highest BCUT2D eigenvalue weighted by Gasteiger charge is 2.09. The Balaban J connectivity index is 2.30. The van der Waals surface area contributed by atoms with Crippen LogP contribution in [0.1, 0.15) is 5.56 Å². The first-order chi connectivity index (χ1) is 7.81. The fourth-order valence-corrected chi connectivity index (χ4v) is 3.35. The van der Waals surface area contributed by atoms with Gasteiger partial charge in [0.25, 0.3) is 0 Å². The smallest absolute Gasteiger partial charge is 0.154 e. The van der Waals surface area contributed by atoms with Crippen LogP contribution in [0, 0.1) is 0 Å². The lowest BCUT2D eigenvalue weighted by atomic mass is 10.2. The van der Waals surface area contributed by atoms with Crippen LogP contribution in [-0.4, -0.2) is 12.0 Å². The highest BCUT2D eigenvalue weighted by atomic mass is 35.5. The van der Waals surface area contributed by atoms with Crippen LogP contribution in [0.5, 0.6) is 0 Å². The van der Waals surface area contributed by atoms with E-state index in [0.717, 1.165) is 20.8 Å². The van der Waals surface area contributed by atoms with E-state index in [0.29, 0.717) is 0 Å². The number of aromatic nitrogens is 1. The summed E-state index contributed by atoms with van der Waals surface area (Å²) in [7, 11) is 1.93. The lowest BCUT2D eigenvalue weighted by Crippen LogP contribution is -2.06. The normalized spacial score (nSPS) is 10.6. The van der Waals surface area contributed by atoms with Gasteiger partial charge in [0.1, 0.15) is 0 Å². The molecule has 0 atom stereocenters. The fraction of sp³-hybridized carbons (Fsp3) is 0.182. The summed E-state index contributed by atoms with van der Waals surface area (Å²) >= 11 is 9.46. The molecule has 2 rings (SSSR count). The number of nitrogens with one attached hydrogen (secondary N) is 1. The fourth-order valence-electron chi connectivity index (χ4n) is 1.35. The molecule has 0 aliphatic carbocycles. The van der Waals surface area contributed by atoms with E-state index in [9.17, 15) is 0 Å². The Hall–Kier alpha value is -0.550. The van der Waals surface area contributed by atoms with Crippen LogP contribution >= 0.6 is 34.7 Å². The molecule has 0 amide bonds. The summed E-state index contributed by atoms with van der Waals surface area (Å²) in [5.74, 6) is 0. The zero-order valence-electron chi connectivity index (χ0n) is 8.74. The monoisotopic (exact) mass is 270 g/mol. The van der Waals surface area contributed by atoms with Crippen LogP contribution in [0.4, 0.5) is 0 Å². The number of hydrogen-bond donors (Lipinski definition) is 1. The predicted molar refractivity (Wildman–Crippen MR) is 70.5 cm³/mol. The maximum absolute atomic E-state index is 6.21. The lowest BCUT2D eigenvalue weighted by Gasteiger charge is -2.08. The van der Waals surface area contributed by atoms with E-state index in [1.165, 1.54) is 5.56 Å². The van der Waals surface area contributed by atoms with Crippen LogP contribution in [-0.2, 0) is 6.54 Å². The number of halogens is 1. The maximum atomic E-state index is 6.21. The Morgan fingerprint density at radius 1 is 1.50 bits per heavy atom. The number of hydrogen-bond acceptors (Lipinski definition) is 4. The van der Waals surface area contributed by atoms with Gasteiger partial charge in [-0.3, -0.25) is 0 Å². The molecule has 2 nitrogen and oxygen atoms in total. The van der Waals surface area contributed by atoms with Gasteiger partial charge >= 0.3 is 0 Å². The van der Waals surface area contributed by atoms with Crippen molar-refractivity contribution < 1.29 is 0 Å². The molecule has 0 aliphatic heterocycles. The molecular weight excluding hydrogens is 260 g/mol. The molecule has 0 fully saturated rings. The topological polar surface area (TPSA) is 24.9 Å². The SMILES string of the molecule is CNCc1cccc(Cl)c1Sc1nccs1. The third kappa shape index (κ3) is 2.77. The molecule has 1 aromatic heterocycles. The summed E-state index contributed by atoms with van der Waals surface area (Å²) in [6.07, 6.45) is 1.81. The molecule has 0 radical (unpaired) electrons. The van der Waals surface area contributed by atoms with Crippen molar-refractivity contribution >= 4 is 34.7 Å². The van der Waals surface area contributed by atoms with E-state index in [1.54, 1.807) is 23.1 Å². The van der Waals surface area contributed by atoms with Crippen molar-refractivity contribution in [2.45, 2.75) is 15.8 Å². The van der Waals surface area contributed by atoms with Gasteiger partial charge in [-0.2, -0.15) is 0 Å². The van der Waals surface area contributed by atoms with E-state index in [1.807, 2.05) is 30.8 Å². The van der Waals surface area contributed by atoms with Crippen molar-refractivity contribution in [3.05, 3.63) is 40.4 Å². The van der Waals surface area contributed by atoms with Gasteiger partial charge in [-0.1, -0.05) is 35.5 Å². The van der Waals surface area contributed by atoms with Crippen LogP contribution in [0.2, 0.25) is 5.02 Å². The van der Waals surface area contributed by atoms with Gasteiger partial charge in [0.05, 0.1) is 5.02 Å². The molecule has 1 N–H and O–H groups in total. The van der Waals surface area contributed by atoms with Crippen molar-refractivity contribution in [3.8, 4) is 0 Å². The minimum Gasteiger partial charge on any atom is -0.316 e. The Labute approximate surface area is 108 Å². The first-order valence-corrected chi connectivity index (χ1v) is 6.88. The zero-order chi connectivity index (χ0) is 11.4. The molecule has 0 bridgehead atoms. The summed E-state index contributed by atoms with van der Waals surface area (Å²) in [6, 6.07) is 5.97. The maximum Gasteiger partial charge on any atom is 0.154 e. The first-order valence-electron chi connectivity index (χ1n) is 4.80. The number of nitrogens with zero attached hydrogens (tertiary/aromatic N) is 1. The summed E-state index contributed by atoms with van der Waals surface area (Å²) in [6.45, 7) is 0.814. The second-order valence-electron chi connectivity index (χ2n) is 3.16. The Morgan fingerprint density at radius 3 is 3.06 bits per heavy atom. The van der Waals surface area contributed by atoms with E-state index in [2.05, 4.69) is 16.4 Å². The van der Waals surface area contributed by atoms with E-state index >= 15 is 0 Å². The van der Waals surface area contributed by atoms with Gasteiger partial charge in [0.2, 0.25) is 0 Å². The van der Waals surface area contributed by atoms with E-state index in [-0.39, 0.29) is 0 Å². The highest BCUT2D eigenvalue weighted by Crippen LogP contribution is 2.36. The second kappa shape index (κ2) is 5.68.